The molecule has 1 amide bonds. The summed E-state index contributed by atoms with van der Waals surface area (Å²) in [5.41, 5.74) is 5.55. The van der Waals surface area contributed by atoms with Crippen molar-refractivity contribution in [1.29, 1.82) is 0 Å². The Morgan fingerprint density at radius 2 is 1.78 bits per heavy atom. The molecule has 0 unspecified atom stereocenters. The van der Waals surface area contributed by atoms with E-state index in [4.69, 9.17) is 5.73 Å². The van der Waals surface area contributed by atoms with E-state index in [1.165, 1.54) is 6.42 Å². The molecule has 2 rings (SSSR count). The van der Waals surface area contributed by atoms with Crippen molar-refractivity contribution < 1.29 is 9.90 Å². The Labute approximate surface area is 109 Å². The lowest BCUT2D eigenvalue weighted by Crippen LogP contribution is -2.51. The lowest BCUT2D eigenvalue weighted by atomic mass is 9.73. The number of nitrogens with two attached hydrogens (primary N) is 1. The standard InChI is InChI=1S/C14H26N2O2/c15-10-14(8-2-1-3-9-14)13(18)16-11-4-6-12(17)7-5-11/h11-12,17H,1-10,15H2,(H,16,18). The van der Waals surface area contributed by atoms with E-state index in [2.05, 4.69) is 5.32 Å². The number of aliphatic hydroxyl groups excluding tert-OH is 1. The van der Waals surface area contributed by atoms with Gasteiger partial charge < -0.3 is 16.2 Å². The molecular weight excluding hydrogens is 228 g/mol. The lowest BCUT2D eigenvalue weighted by Gasteiger charge is -2.37. The molecule has 2 fully saturated rings. The average Bonchev–Trinajstić information content (AvgIpc) is 2.42. The summed E-state index contributed by atoms with van der Waals surface area (Å²) in [7, 11) is 0. The third-order valence-electron chi connectivity index (χ3n) is 4.71. The van der Waals surface area contributed by atoms with Crippen LogP contribution in [-0.2, 0) is 4.79 Å². The number of hydrogen-bond acceptors (Lipinski definition) is 3. The molecular formula is C14H26N2O2. The zero-order valence-corrected chi connectivity index (χ0v) is 11.2. The third kappa shape index (κ3) is 3.04. The molecule has 18 heavy (non-hydrogen) atoms. The van der Waals surface area contributed by atoms with Gasteiger partial charge in [0.05, 0.1) is 11.5 Å². The molecule has 2 aliphatic carbocycles. The number of hydrogen-bond donors (Lipinski definition) is 3. The summed E-state index contributed by atoms with van der Waals surface area (Å²) < 4.78 is 0. The van der Waals surface area contributed by atoms with E-state index in [1.54, 1.807) is 0 Å². The van der Waals surface area contributed by atoms with Crippen LogP contribution in [0, 0.1) is 5.41 Å². The van der Waals surface area contributed by atoms with Crippen LogP contribution in [0.5, 0.6) is 0 Å². The van der Waals surface area contributed by atoms with Crippen LogP contribution in [0.15, 0.2) is 0 Å². The second-order valence-corrected chi connectivity index (χ2v) is 6.02. The zero-order valence-electron chi connectivity index (χ0n) is 11.2. The Morgan fingerprint density at radius 1 is 1.17 bits per heavy atom. The molecule has 0 saturated heterocycles. The van der Waals surface area contributed by atoms with Crippen LogP contribution in [0.4, 0.5) is 0 Å². The molecule has 0 bridgehead atoms. The van der Waals surface area contributed by atoms with E-state index >= 15 is 0 Å². The molecule has 4 heteroatoms. The summed E-state index contributed by atoms with van der Waals surface area (Å²) in [5.74, 6) is 0.158. The Balaban J connectivity index is 1.89. The van der Waals surface area contributed by atoms with E-state index in [1.807, 2.05) is 0 Å². The number of amides is 1. The Kier molecular flexibility index (Phi) is 4.62. The fourth-order valence-corrected chi connectivity index (χ4v) is 3.31. The van der Waals surface area contributed by atoms with Crippen molar-refractivity contribution in [2.45, 2.75) is 69.9 Å². The molecule has 4 N–H and O–H groups in total. The van der Waals surface area contributed by atoms with Crippen LogP contribution < -0.4 is 11.1 Å². The Bertz CT molecular complexity index is 280. The first-order valence-corrected chi connectivity index (χ1v) is 7.35. The molecule has 104 valence electrons. The fraction of sp³-hybridized carbons (Fsp3) is 0.929. The van der Waals surface area contributed by atoms with Crippen LogP contribution in [0.1, 0.15) is 57.8 Å². The smallest absolute Gasteiger partial charge is 0.227 e. The first kappa shape index (κ1) is 13.8. The number of carbonyl (C=O) groups is 1. The van der Waals surface area contributed by atoms with Gasteiger partial charge in [-0.15, -0.1) is 0 Å². The summed E-state index contributed by atoms with van der Waals surface area (Å²) in [6, 6.07) is 0.242. The summed E-state index contributed by atoms with van der Waals surface area (Å²) >= 11 is 0. The molecule has 0 spiro atoms. The predicted molar refractivity (Wildman–Crippen MR) is 71.0 cm³/mol. The molecule has 0 aromatic heterocycles. The Morgan fingerprint density at radius 3 is 2.33 bits per heavy atom. The number of rotatable bonds is 3. The van der Waals surface area contributed by atoms with Crippen molar-refractivity contribution in [2.24, 2.45) is 11.1 Å². The maximum Gasteiger partial charge on any atom is 0.227 e. The molecule has 0 radical (unpaired) electrons. The van der Waals surface area contributed by atoms with E-state index < -0.39 is 0 Å². The van der Waals surface area contributed by atoms with Crippen molar-refractivity contribution in [3.63, 3.8) is 0 Å². The van der Waals surface area contributed by atoms with Crippen LogP contribution in [0.2, 0.25) is 0 Å². The van der Waals surface area contributed by atoms with Crippen molar-refractivity contribution >= 4 is 5.91 Å². The summed E-state index contributed by atoms with van der Waals surface area (Å²) in [6.07, 6.45) is 8.57. The number of aliphatic hydroxyl groups is 1. The summed E-state index contributed by atoms with van der Waals surface area (Å²) in [4.78, 5) is 12.4. The molecule has 4 nitrogen and oxygen atoms in total. The highest BCUT2D eigenvalue weighted by Crippen LogP contribution is 2.36. The van der Waals surface area contributed by atoms with Gasteiger partial charge in [-0.3, -0.25) is 4.79 Å². The second kappa shape index (κ2) is 6.02. The van der Waals surface area contributed by atoms with Crippen LogP contribution in [0.3, 0.4) is 0 Å². The first-order valence-electron chi connectivity index (χ1n) is 7.35. The average molecular weight is 254 g/mol. The minimum absolute atomic E-state index is 0.158. The normalized spacial score (nSPS) is 31.9. The van der Waals surface area contributed by atoms with Crippen molar-refractivity contribution in [1.82, 2.24) is 5.32 Å². The van der Waals surface area contributed by atoms with Gasteiger partial charge >= 0.3 is 0 Å². The van der Waals surface area contributed by atoms with Gasteiger partial charge in [-0.25, -0.2) is 0 Å². The van der Waals surface area contributed by atoms with Gasteiger partial charge in [-0.2, -0.15) is 0 Å². The van der Waals surface area contributed by atoms with E-state index in [-0.39, 0.29) is 23.5 Å². The van der Waals surface area contributed by atoms with Crippen LogP contribution >= 0.6 is 0 Å². The van der Waals surface area contributed by atoms with Gasteiger partial charge in [0.15, 0.2) is 0 Å². The maximum absolute atomic E-state index is 12.4. The van der Waals surface area contributed by atoms with Gasteiger partial charge in [0.1, 0.15) is 0 Å². The predicted octanol–water partition coefficient (Wildman–Crippen LogP) is 1.32. The fourth-order valence-electron chi connectivity index (χ4n) is 3.31. The summed E-state index contributed by atoms with van der Waals surface area (Å²) in [6.45, 7) is 0.466. The SMILES string of the molecule is NCC1(C(=O)NC2CCC(O)CC2)CCCCC1. The highest BCUT2D eigenvalue weighted by atomic mass is 16.3. The van der Waals surface area contributed by atoms with Gasteiger partial charge in [-0.1, -0.05) is 19.3 Å². The highest BCUT2D eigenvalue weighted by molar-refractivity contribution is 5.83. The molecule has 0 heterocycles. The minimum Gasteiger partial charge on any atom is -0.393 e. The first-order chi connectivity index (χ1) is 8.66. The van der Waals surface area contributed by atoms with E-state index in [0.717, 1.165) is 51.4 Å². The molecule has 0 atom stereocenters. The highest BCUT2D eigenvalue weighted by Gasteiger charge is 2.39. The van der Waals surface area contributed by atoms with Gasteiger partial charge in [0.25, 0.3) is 0 Å². The minimum atomic E-state index is -0.311. The molecule has 0 aromatic rings. The van der Waals surface area contributed by atoms with Crippen molar-refractivity contribution in [2.75, 3.05) is 6.54 Å². The molecule has 2 aliphatic rings. The molecule has 2 saturated carbocycles. The monoisotopic (exact) mass is 254 g/mol. The van der Waals surface area contributed by atoms with Crippen molar-refractivity contribution in [3.05, 3.63) is 0 Å². The van der Waals surface area contributed by atoms with Crippen molar-refractivity contribution in [3.8, 4) is 0 Å². The van der Waals surface area contributed by atoms with Crippen LogP contribution in [0.25, 0.3) is 0 Å². The maximum atomic E-state index is 12.4. The van der Waals surface area contributed by atoms with E-state index in [0.29, 0.717) is 6.54 Å². The van der Waals surface area contributed by atoms with Gasteiger partial charge in [0.2, 0.25) is 5.91 Å². The van der Waals surface area contributed by atoms with Gasteiger partial charge in [-0.05, 0) is 38.5 Å². The summed E-state index contributed by atoms with van der Waals surface area (Å²) in [5, 5.41) is 12.6. The number of nitrogens with one attached hydrogen (secondary N) is 1. The largest absolute Gasteiger partial charge is 0.393 e. The Hall–Kier alpha value is -0.610. The second-order valence-electron chi connectivity index (χ2n) is 6.02. The molecule has 0 aromatic carbocycles. The van der Waals surface area contributed by atoms with E-state index in [9.17, 15) is 9.90 Å². The number of carbonyl (C=O) groups excluding carboxylic acids is 1. The molecule has 0 aliphatic heterocycles. The zero-order chi connectivity index (χ0) is 13.0. The van der Waals surface area contributed by atoms with Crippen LogP contribution in [-0.4, -0.2) is 29.7 Å². The topological polar surface area (TPSA) is 75.4 Å². The third-order valence-corrected chi connectivity index (χ3v) is 4.71. The quantitative estimate of drug-likeness (QED) is 0.711. The van der Waals surface area contributed by atoms with Gasteiger partial charge in [0, 0.05) is 12.6 Å². The lowest BCUT2D eigenvalue weighted by molar-refractivity contribution is -0.133.